The molecule has 26 heavy (non-hydrogen) atoms. The quantitative estimate of drug-likeness (QED) is 0.421. The van der Waals surface area contributed by atoms with Crippen LogP contribution in [0.3, 0.4) is 0 Å². The van der Waals surface area contributed by atoms with Crippen LogP contribution in [-0.2, 0) is 0 Å². The van der Waals surface area contributed by atoms with Crippen molar-refractivity contribution in [1.82, 2.24) is 4.90 Å². The molecule has 138 valence electrons. The van der Waals surface area contributed by atoms with Crippen molar-refractivity contribution < 1.29 is 17.9 Å². The van der Waals surface area contributed by atoms with E-state index in [-0.39, 0.29) is 25.1 Å². The van der Waals surface area contributed by atoms with Gasteiger partial charge in [-0.25, -0.2) is 13.2 Å². The fraction of sp³-hybridized carbons (Fsp3) is 0.333. The minimum Gasteiger partial charge on any atom is -0.494 e. The van der Waals surface area contributed by atoms with Crippen molar-refractivity contribution in [3.63, 3.8) is 0 Å². The molecule has 1 atom stereocenters. The van der Waals surface area contributed by atoms with E-state index in [4.69, 9.17) is 16.3 Å². The Labute approximate surface area is 154 Å². The second-order valence-corrected chi connectivity index (χ2v) is 6.59. The van der Waals surface area contributed by atoms with Gasteiger partial charge in [-0.05, 0) is 29.3 Å². The molecule has 0 saturated heterocycles. The van der Waals surface area contributed by atoms with E-state index in [1.807, 2.05) is 0 Å². The van der Waals surface area contributed by atoms with E-state index in [9.17, 15) is 13.2 Å². The van der Waals surface area contributed by atoms with E-state index >= 15 is 0 Å². The maximum Gasteiger partial charge on any atom is 0.252 e. The summed E-state index contributed by atoms with van der Waals surface area (Å²) in [5, 5.41) is 7.79. The van der Waals surface area contributed by atoms with Gasteiger partial charge in [0.1, 0.15) is 5.84 Å². The monoisotopic (exact) mass is 383 g/mol. The van der Waals surface area contributed by atoms with Gasteiger partial charge in [0.2, 0.25) is 0 Å². The molecule has 4 nitrogen and oxygen atoms in total. The number of amidine groups is 1. The molecule has 1 aliphatic carbocycles. The van der Waals surface area contributed by atoms with Crippen LogP contribution >= 0.6 is 11.6 Å². The molecule has 1 saturated carbocycles. The molecule has 1 heterocycles. The maximum absolute atomic E-state index is 13.9. The third-order valence-electron chi connectivity index (χ3n) is 4.39. The van der Waals surface area contributed by atoms with Gasteiger partial charge >= 0.3 is 0 Å². The summed E-state index contributed by atoms with van der Waals surface area (Å²) < 4.78 is 45.2. The molecule has 0 bridgehead atoms. The molecule has 0 aromatic heterocycles. The summed E-state index contributed by atoms with van der Waals surface area (Å²) in [5.74, 6) is -3.37. The average Bonchev–Trinajstić information content (AvgIpc) is 3.20. The molecular weight excluding hydrogens is 367 g/mol. The Kier molecular flexibility index (Phi) is 5.09. The number of rotatable bonds is 5. The maximum atomic E-state index is 13.9. The first-order valence-corrected chi connectivity index (χ1v) is 8.31. The van der Waals surface area contributed by atoms with Crippen molar-refractivity contribution in [3.8, 4) is 5.75 Å². The molecular formula is C18H17ClF3N3O. The molecule has 2 aliphatic rings. The summed E-state index contributed by atoms with van der Waals surface area (Å²) in [6, 6.07) is 4.55. The van der Waals surface area contributed by atoms with Crippen LogP contribution in [-0.4, -0.2) is 37.0 Å². The van der Waals surface area contributed by atoms with Crippen LogP contribution < -0.4 is 4.74 Å². The van der Waals surface area contributed by atoms with Gasteiger partial charge in [0, 0.05) is 36.7 Å². The largest absolute Gasteiger partial charge is 0.494 e. The molecule has 1 aromatic carbocycles. The van der Waals surface area contributed by atoms with Gasteiger partial charge in [-0.2, -0.15) is 5.10 Å². The van der Waals surface area contributed by atoms with Gasteiger partial charge in [-0.3, -0.25) is 0 Å². The Morgan fingerprint density at radius 1 is 1.46 bits per heavy atom. The lowest BCUT2D eigenvalue weighted by molar-refractivity contribution is 0.0998. The Bertz CT molecular complexity index is 820. The predicted molar refractivity (Wildman–Crippen MR) is 96.2 cm³/mol. The summed E-state index contributed by atoms with van der Waals surface area (Å²) in [6.07, 6.45) is 3.30. The first-order chi connectivity index (χ1) is 12.4. The summed E-state index contributed by atoms with van der Waals surface area (Å²) in [7, 11) is 1.39. The van der Waals surface area contributed by atoms with E-state index in [0.717, 1.165) is 0 Å². The van der Waals surface area contributed by atoms with Crippen LogP contribution in [0.4, 0.5) is 13.2 Å². The average molecular weight is 384 g/mol. The first-order valence-electron chi connectivity index (χ1n) is 7.93. The molecule has 1 fully saturated rings. The number of ether oxygens (including phenoxy) is 1. The van der Waals surface area contributed by atoms with Crippen LogP contribution in [0.5, 0.6) is 5.75 Å². The summed E-state index contributed by atoms with van der Waals surface area (Å²) >= 11 is 6.37. The van der Waals surface area contributed by atoms with Crippen LogP contribution in [0.2, 0.25) is 0 Å². The van der Waals surface area contributed by atoms with Gasteiger partial charge in [-0.15, -0.1) is 5.10 Å². The molecule has 1 aromatic rings. The van der Waals surface area contributed by atoms with Crippen molar-refractivity contribution in [2.45, 2.75) is 18.8 Å². The standard InChI is InChI=1S/C18H17ClF3N3O/c1-23-24-17(8-12-9-18(12,21)22)25-6-5-13(14(19)10-25)11-3-4-16(26-2)15(20)7-11/h3-7,12H,1,8-10H2,2H3/b24-17-. The van der Waals surface area contributed by atoms with Gasteiger partial charge in [-0.1, -0.05) is 17.7 Å². The molecule has 0 amide bonds. The zero-order chi connectivity index (χ0) is 18.9. The van der Waals surface area contributed by atoms with Crippen LogP contribution in [0, 0.1) is 11.7 Å². The highest BCUT2D eigenvalue weighted by atomic mass is 35.5. The second-order valence-electron chi connectivity index (χ2n) is 6.14. The zero-order valence-electron chi connectivity index (χ0n) is 14.1. The molecule has 0 spiro atoms. The van der Waals surface area contributed by atoms with Crippen molar-refractivity contribution >= 4 is 29.7 Å². The Balaban J connectivity index is 1.78. The van der Waals surface area contributed by atoms with Gasteiger partial charge < -0.3 is 9.64 Å². The minimum absolute atomic E-state index is 0.0903. The molecule has 1 aliphatic heterocycles. The van der Waals surface area contributed by atoms with Gasteiger partial charge in [0.15, 0.2) is 11.6 Å². The van der Waals surface area contributed by atoms with Crippen LogP contribution in [0.25, 0.3) is 5.57 Å². The third kappa shape index (κ3) is 3.77. The fourth-order valence-electron chi connectivity index (χ4n) is 2.82. The zero-order valence-corrected chi connectivity index (χ0v) is 14.8. The van der Waals surface area contributed by atoms with Crippen molar-refractivity contribution in [1.29, 1.82) is 0 Å². The Morgan fingerprint density at radius 2 is 2.19 bits per heavy atom. The number of halogens is 4. The highest BCUT2D eigenvalue weighted by Gasteiger charge is 2.57. The smallest absolute Gasteiger partial charge is 0.252 e. The number of benzene rings is 1. The van der Waals surface area contributed by atoms with Gasteiger partial charge in [0.25, 0.3) is 5.92 Å². The molecule has 1 unspecified atom stereocenters. The molecule has 8 heteroatoms. The van der Waals surface area contributed by atoms with E-state index in [2.05, 4.69) is 16.9 Å². The second kappa shape index (κ2) is 7.15. The predicted octanol–water partition coefficient (Wildman–Crippen LogP) is 4.67. The van der Waals surface area contributed by atoms with Crippen molar-refractivity contribution in [2.24, 2.45) is 16.1 Å². The Morgan fingerprint density at radius 3 is 2.73 bits per heavy atom. The van der Waals surface area contributed by atoms with E-state index < -0.39 is 17.7 Å². The lowest BCUT2D eigenvalue weighted by Crippen LogP contribution is -2.30. The first kappa shape index (κ1) is 18.5. The lowest BCUT2D eigenvalue weighted by Gasteiger charge is -2.26. The number of methoxy groups -OCH3 is 1. The summed E-state index contributed by atoms with van der Waals surface area (Å²) in [4.78, 5) is 1.65. The summed E-state index contributed by atoms with van der Waals surface area (Å²) in [6.45, 7) is 3.52. The van der Waals surface area contributed by atoms with Crippen LogP contribution in [0.1, 0.15) is 18.4 Å². The molecule has 0 N–H and O–H groups in total. The topological polar surface area (TPSA) is 37.2 Å². The highest BCUT2D eigenvalue weighted by Crippen LogP contribution is 2.51. The minimum atomic E-state index is -2.65. The third-order valence-corrected chi connectivity index (χ3v) is 4.71. The number of hydrogen-bond donors (Lipinski definition) is 0. The Hall–Kier alpha value is -2.28. The highest BCUT2D eigenvalue weighted by molar-refractivity contribution is 6.33. The SMILES string of the molecule is C=N/N=C(/CC1CC1(F)F)N1C=CC(c2ccc(OC)c(F)c2)=C(Cl)C1. The van der Waals surface area contributed by atoms with Crippen molar-refractivity contribution in [2.75, 3.05) is 13.7 Å². The molecule has 3 rings (SSSR count). The van der Waals surface area contributed by atoms with Crippen LogP contribution in [0.15, 0.2) is 45.7 Å². The van der Waals surface area contributed by atoms with E-state index in [1.54, 1.807) is 23.2 Å². The number of alkyl halides is 2. The van der Waals surface area contributed by atoms with E-state index in [1.165, 1.54) is 19.2 Å². The van der Waals surface area contributed by atoms with Crippen molar-refractivity contribution in [3.05, 3.63) is 46.9 Å². The normalized spacial score (nSPS) is 21.8. The number of hydrogen-bond acceptors (Lipinski definition) is 3. The summed E-state index contributed by atoms with van der Waals surface area (Å²) in [5.41, 5.74) is 1.24. The fourth-order valence-corrected chi connectivity index (χ4v) is 3.12. The number of allylic oxidation sites excluding steroid dienone is 2. The molecule has 0 radical (unpaired) electrons. The van der Waals surface area contributed by atoms with E-state index in [0.29, 0.717) is 22.0 Å². The number of nitrogens with zero attached hydrogens (tertiary/aromatic N) is 3. The lowest BCUT2D eigenvalue weighted by atomic mass is 10.0. The van der Waals surface area contributed by atoms with Gasteiger partial charge in [0.05, 0.1) is 13.7 Å².